The van der Waals surface area contributed by atoms with Gasteiger partial charge >= 0.3 is 0 Å². The molecule has 1 heterocycles. The number of rotatable bonds is 3. The van der Waals surface area contributed by atoms with Gasteiger partial charge in [0.1, 0.15) is 5.75 Å². The molecule has 3 nitrogen and oxygen atoms in total. The molecule has 0 saturated carbocycles. The second-order valence-corrected chi connectivity index (χ2v) is 5.38. The van der Waals surface area contributed by atoms with Crippen molar-refractivity contribution in [3.05, 3.63) is 64.2 Å². The molecule has 0 spiro atoms. The first-order chi connectivity index (χ1) is 10.2. The summed E-state index contributed by atoms with van der Waals surface area (Å²) in [6.07, 6.45) is 0.909. The third kappa shape index (κ3) is 2.57. The van der Waals surface area contributed by atoms with Crippen molar-refractivity contribution < 1.29 is 9.53 Å². The summed E-state index contributed by atoms with van der Waals surface area (Å²) in [7, 11) is 1.64. The summed E-state index contributed by atoms with van der Waals surface area (Å²) in [5.74, 6) is 0.886. The number of nitrogens with one attached hydrogen (secondary N) is 1. The van der Waals surface area contributed by atoms with Crippen LogP contribution in [0, 0.1) is 6.92 Å². The summed E-state index contributed by atoms with van der Waals surface area (Å²) in [5.41, 5.74) is 4.96. The van der Waals surface area contributed by atoms with Crippen molar-refractivity contribution in [2.24, 2.45) is 0 Å². The Bertz CT molecular complexity index is 692. The second-order valence-electron chi connectivity index (χ2n) is 5.38. The van der Waals surface area contributed by atoms with Crippen molar-refractivity contribution in [1.82, 2.24) is 5.32 Å². The van der Waals surface area contributed by atoms with Gasteiger partial charge in [-0.1, -0.05) is 18.2 Å². The van der Waals surface area contributed by atoms with Crippen molar-refractivity contribution in [3.63, 3.8) is 0 Å². The first kappa shape index (κ1) is 13.8. The maximum absolute atomic E-state index is 12.9. The zero-order valence-electron chi connectivity index (χ0n) is 12.4. The first-order valence-electron chi connectivity index (χ1n) is 7.21. The Balaban J connectivity index is 2.03. The molecule has 0 atom stereocenters. The van der Waals surface area contributed by atoms with Crippen LogP contribution in [0.2, 0.25) is 0 Å². The van der Waals surface area contributed by atoms with E-state index in [0.29, 0.717) is 0 Å². The molecule has 108 valence electrons. The highest BCUT2D eigenvalue weighted by atomic mass is 16.5. The fraction of sp³-hybridized carbons (Fsp3) is 0.278. The highest BCUT2D eigenvalue weighted by molar-refractivity contribution is 6.11. The highest BCUT2D eigenvalue weighted by Gasteiger charge is 2.19. The smallest absolute Gasteiger partial charge is 0.193 e. The molecule has 0 bridgehead atoms. The van der Waals surface area contributed by atoms with Gasteiger partial charge in [0, 0.05) is 17.7 Å². The summed E-state index contributed by atoms with van der Waals surface area (Å²) in [5, 5.41) is 3.35. The lowest BCUT2D eigenvalue weighted by molar-refractivity contribution is 0.103. The van der Waals surface area contributed by atoms with Gasteiger partial charge in [0.15, 0.2) is 5.78 Å². The van der Waals surface area contributed by atoms with Crippen LogP contribution in [-0.2, 0) is 13.0 Å². The number of hydrogen-bond donors (Lipinski definition) is 1. The van der Waals surface area contributed by atoms with Gasteiger partial charge in [-0.2, -0.15) is 0 Å². The molecular weight excluding hydrogens is 262 g/mol. The van der Waals surface area contributed by atoms with E-state index in [2.05, 4.69) is 11.4 Å². The summed E-state index contributed by atoms with van der Waals surface area (Å²) in [4.78, 5) is 12.9. The minimum Gasteiger partial charge on any atom is -0.497 e. The number of hydrogen-bond acceptors (Lipinski definition) is 3. The first-order valence-corrected chi connectivity index (χ1v) is 7.21. The van der Waals surface area contributed by atoms with Crippen LogP contribution < -0.4 is 10.1 Å². The molecule has 0 saturated heterocycles. The molecule has 3 heteroatoms. The number of aryl methyl sites for hydroxylation is 1. The quantitative estimate of drug-likeness (QED) is 0.879. The Morgan fingerprint density at radius 2 is 2.05 bits per heavy atom. The fourth-order valence-corrected chi connectivity index (χ4v) is 2.91. The largest absolute Gasteiger partial charge is 0.497 e. The number of ether oxygens (including phenoxy) is 1. The molecule has 1 N–H and O–H groups in total. The molecule has 0 fully saturated rings. The van der Waals surface area contributed by atoms with E-state index in [1.54, 1.807) is 7.11 Å². The van der Waals surface area contributed by atoms with Crippen LogP contribution in [-0.4, -0.2) is 19.4 Å². The lowest BCUT2D eigenvalue weighted by Gasteiger charge is -2.20. The molecule has 0 radical (unpaired) electrons. The maximum atomic E-state index is 12.9. The Hall–Kier alpha value is -2.13. The van der Waals surface area contributed by atoms with Crippen LogP contribution in [0.1, 0.15) is 32.6 Å². The van der Waals surface area contributed by atoms with Crippen LogP contribution in [0.3, 0.4) is 0 Å². The number of ketones is 1. The van der Waals surface area contributed by atoms with Gasteiger partial charge in [-0.3, -0.25) is 4.79 Å². The van der Waals surface area contributed by atoms with Crippen molar-refractivity contribution in [2.75, 3.05) is 13.7 Å². The highest BCUT2D eigenvalue weighted by Crippen LogP contribution is 2.24. The van der Waals surface area contributed by atoms with Gasteiger partial charge in [0.05, 0.1) is 7.11 Å². The van der Waals surface area contributed by atoms with Crippen molar-refractivity contribution >= 4 is 5.78 Å². The van der Waals surface area contributed by atoms with E-state index < -0.39 is 0 Å². The van der Waals surface area contributed by atoms with E-state index in [9.17, 15) is 4.79 Å². The number of carbonyl (C=O) groups is 1. The Kier molecular flexibility index (Phi) is 3.76. The molecule has 21 heavy (non-hydrogen) atoms. The molecule has 2 aromatic rings. The van der Waals surface area contributed by atoms with Crippen molar-refractivity contribution in [3.8, 4) is 5.75 Å². The third-order valence-electron chi connectivity index (χ3n) is 4.06. The zero-order chi connectivity index (χ0) is 14.8. The second kappa shape index (κ2) is 5.70. The third-order valence-corrected chi connectivity index (χ3v) is 4.06. The average molecular weight is 281 g/mol. The van der Waals surface area contributed by atoms with Crippen LogP contribution in [0.15, 0.2) is 36.4 Å². The average Bonchev–Trinajstić information content (AvgIpc) is 2.53. The SMILES string of the molecule is COc1ccc(C(=O)c2cccc3c2CCNC3)c(C)c1. The van der Waals surface area contributed by atoms with Crippen molar-refractivity contribution in [2.45, 2.75) is 19.9 Å². The lowest BCUT2D eigenvalue weighted by Crippen LogP contribution is -2.25. The summed E-state index contributed by atoms with van der Waals surface area (Å²) in [6, 6.07) is 11.6. The van der Waals surface area contributed by atoms with E-state index in [1.807, 2.05) is 37.3 Å². The Labute approximate surface area is 124 Å². The van der Waals surface area contributed by atoms with Gasteiger partial charge < -0.3 is 10.1 Å². The van der Waals surface area contributed by atoms with Crippen LogP contribution >= 0.6 is 0 Å². The lowest BCUT2D eigenvalue weighted by atomic mass is 9.90. The van der Waals surface area contributed by atoms with Gasteiger partial charge in [-0.05, 0) is 54.8 Å². The van der Waals surface area contributed by atoms with E-state index in [-0.39, 0.29) is 5.78 Å². The number of benzene rings is 2. The standard InChI is InChI=1S/C18H19NO2/c1-12-10-14(21-2)6-7-15(12)18(20)17-5-3-4-13-11-19-9-8-16(13)17/h3-7,10,19H,8-9,11H2,1-2H3. The molecule has 1 aliphatic rings. The number of fused-ring (bicyclic) bond motifs is 1. The van der Waals surface area contributed by atoms with E-state index >= 15 is 0 Å². The predicted molar refractivity (Wildman–Crippen MR) is 83.0 cm³/mol. The molecule has 1 aliphatic heterocycles. The van der Waals surface area contributed by atoms with E-state index in [1.165, 1.54) is 11.1 Å². The molecule has 2 aromatic carbocycles. The van der Waals surface area contributed by atoms with E-state index in [0.717, 1.165) is 42.0 Å². The van der Waals surface area contributed by atoms with Gasteiger partial charge in [0.2, 0.25) is 0 Å². The summed E-state index contributed by atoms with van der Waals surface area (Å²) in [6.45, 7) is 3.73. The molecule has 3 rings (SSSR count). The summed E-state index contributed by atoms with van der Waals surface area (Å²) < 4.78 is 5.21. The van der Waals surface area contributed by atoms with Crippen LogP contribution in [0.4, 0.5) is 0 Å². The summed E-state index contributed by atoms with van der Waals surface area (Å²) >= 11 is 0. The molecule has 0 amide bonds. The zero-order valence-corrected chi connectivity index (χ0v) is 12.4. The molecule has 0 aromatic heterocycles. The van der Waals surface area contributed by atoms with Gasteiger partial charge in [0.25, 0.3) is 0 Å². The molecule has 0 unspecified atom stereocenters. The molecular formula is C18H19NO2. The Morgan fingerprint density at radius 3 is 2.81 bits per heavy atom. The van der Waals surface area contributed by atoms with Crippen LogP contribution in [0.5, 0.6) is 5.75 Å². The minimum atomic E-state index is 0.105. The molecule has 0 aliphatic carbocycles. The van der Waals surface area contributed by atoms with E-state index in [4.69, 9.17) is 4.74 Å². The fourth-order valence-electron chi connectivity index (χ4n) is 2.91. The number of carbonyl (C=O) groups excluding carboxylic acids is 1. The van der Waals surface area contributed by atoms with Gasteiger partial charge in [-0.15, -0.1) is 0 Å². The normalized spacial score (nSPS) is 13.6. The monoisotopic (exact) mass is 281 g/mol. The minimum absolute atomic E-state index is 0.105. The predicted octanol–water partition coefficient (Wildman–Crippen LogP) is 2.88. The Morgan fingerprint density at radius 1 is 1.19 bits per heavy atom. The van der Waals surface area contributed by atoms with Crippen molar-refractivity contribution in [1.29, 1.82) is 0 Å². The topological polar surface area (TPSA) is 38.3 Å². The van der Waals surface area contributed by atoms with Crippen LogP contribution in [0.25, 0.3) is 0 Å². The van der Waals surface area contributed by atoms with Gasteiger partial charge in [-0.25, -0.2) is 0 Å². The maximum Gasteiger partial charge on any atom is 0.193 e. The number of methoxy groups -OCH3 is 1.